The second-order valence-electron chi connectivity index (χ2n) is 6.42. The molecule has 1 N–H and O–H groups in total. The molecule has 0 aliphatic heterocycles. The maximum atomic E-state index is 12.7. The molecule has 1 aliphatic rings. The fourth-order valence-corrected chi connectivity index (χ4v) is 4.55. The molecule has 0 bridgehead atoms. The van der Waals surface area contributed by atoms with Gasteiger partial charge in [0.2, 0.25) is 15.9 Å². The van der Waals surface area contributed by atoms with Crippen molar-refractivity contribution in [3.8, 4) is 5.75 Å². The van der Waals surface area contributed by atoms with Gasteiger partial charge in [-0.25, -0.2) is 8.42 Å². The van der Waals surface area contributed by atoms with E-state index in [0.717, 1.165) is 0 Å². The van der Waals surface area contributed by atoms with Crippen LogP contribution in [0, 0.1) is 5.92 Å². The van der Waals surface area contributed by atoms with Gasteiger partial charge in [-0.2, -0.15) is 4.31 Å². The third-order valence-electron chi connectivity index (χ3n) is 4.06. The summed E-state index contributed by atoms with van der Waals surface area (Å²) in [4.78, 5) is 12.4. The number of hydrogen-bond acceptors (Lipinski definition) is 4. The van der Waals surface area contributed by atoms with E-state index in [2.05, 4.69) is 5.32 Å². The van der Waals surface area contributed by atoms with Crippen LogP contribution in [0.5, 0.6) is 5.75 Å². The van der Waals surface area contributed by atoms with Crippen LogP contribution in [0.1, 0.15) is 34.1 Å². The molecule has 1 unspecified atom stereocenters. The fourth-order valence-electron chi connectivity index (χ4n) is 2.55. The van der Waals surface area contributed by atoms with E-state index >= 15 is 0 Å². The molecule has 1 saturated carbocycles. The standard InChI is InChI=1S/C17H24Cl2N2O4S/c1-5-21(6-2)26(23,24)12-7-8-15(25-11(3)4)14(9-12)20-16(22)13-10-17(13,18)19/h7-9,11,13H,5-6,10H2,1-4H3,(H,20,22). The molecule has 1 aliphatic carbocycles. The lowest BCUT2D eigenvalue weighted by atomic mass is 10.2. The van der Waals surface area contributed by atoms with Crippen molar-refractivity contribution in [2.75, 3.05) is 18.4 Å². The van der Waals surface area contributed by atoms with Crippen LogP contribution in [0.15, 0.2) is 23.1 Å². The third kappa shape index (κ3) is 4.63. The lowest BCUT2D eigenvalue weighted by molar-refractivity contribution is -0.117. The molecule has 0 aromatic heterocycles. The summed E-state index contributed by atoms with van der Waals surface area (Å²) in [6.07, 6.45) is 0.219. The van der Waals surface area contributed by atoms with Gasteiger partial charge in [0.1, 0.15) is 10.1 Å². The Morgan fingerprint density at radius 1 is 1.35 bits per heavy atom. The Labute approximate surface area is 164 Å². The Bertz CT molecular complexity index is 777. The molecule has 1 amide bonds. The molecule has 9 heteroatoms. The first-order valence-corrected chi connectivity index (χ1v) is 10.7. The number of anilines is 1. The Hall–Kier alpha value is -1.02. The largest absolute Gasteiger partial charge is 0.489 e. The number of nitrogens with one attached hydrogen (secondary N) is 1. The summed E-state index contributed by atoms with van der Waals surface area (Å²) in [5.74, 6) is -0.496. The minimum absolute atomic E-state index is 0.0893. The van der Waals surface area contributed by atoms with Crippen LogP contribution >= 0.6 is 23.2 Å². The molecule has 1 fully saturated rings. The molecular formula is C17H24Cl2N2O4S. The van der Waals surface area contributed by atoms with Crippen LogP contribution in [-0.2, 0) is 14.8 Å². The average molecular weight is 423 g/mol. The number of nitrogens with zero attached hydrogens (tertiary/aromatic N) is 1. The maximum Gasteiger partial charge on any atom is 0.243 e. The van der Waals surface area contributed by atoms with Crippen molar-refractivity contribution < 1.29 is 17.9 Å². The normalized spacial score (nSPS) is 18.8. The van der Waals surface area contributed by atoms with E-state index in [1.54, 1.807) is 19.9 Å². The van der Waals surface area contributed by atoms with Crippen LogP contribution in [0.3, 0.4) is 0 Å². The van der Waals surface area contributed by atoms with Crippen molar-refractivity contribution >= 4 is 44.8 Å². The number of hydrogen-bond donors (Lipinski definition) is 1. The molecule has 1 aromatic carbocycles. The van der Waals surface area contributed by atoms with Gasteiger partial charge in [-0.05, 0) is 38.5 Å². The van der Waals surface area contributed by atoms with Gasteiger partial charge in [0.15, 0.2) is 0 Å². The number of halogens is 2. The molecule has 0 heterocycles. The van der Waals surface area contributed by atoms with Crippen molar-refractivity contribution in [1.82, 2.24) is 4.31 Å². The molecule has 0 spiro atoms. The Balaban J connectivity index is 2.38. The summed E-state index contributed by atoms with van der Waals surface area (Å²) < 4.78 is 31.5. The van der Waals surface area contributed by atoms with Gasteiger partial charge in [0.05, 0.1) is 22.6 Å². The fraction of sp³-hybridized carbons (Fsp3) is 0.588. The average Bonchev–Trinajstić information content (AvgIpc) is 3.18. The second-order valence-corrected chi connectivity index (χ2v) is 9.90. The monoisotopic (exact) mass is 422 g/mol. The highest BCUT2D eigenvalue weighted by Gasteiger charge is 2.56. The third-order valence-corrected chi connectivity index (χ3v) is 6.94. The summed E-state index contributed by atoms with van der Waals surface area (Å²) in [6.45, 7) is 7.94. The van der Waals surface area contributed by atoms with Crippen molar-refractivity contribution in [3.05, 3.63) is 18.2 Å². The number of carbonyl (C=O) groups excluding carboxylic acids is 1. The van der Waals surface area contributed by atoms with Crippen molar-refractivity contribution in [3.63, 3.8) is 0 Å². The number of carbonyl (C=O) groups is 1. The topological polar surface area (TPSA) is 75.7 Å². The molecule has 1 aromatic rings. The number of sulfonamides is 1. The summed E-state index contributed by atoms with van der Waals surface area (Å²) in [7, 11) is -3.66. The smallest absolute Gasteiger partial charge is 0.243 e. The first-order valence-electron chi connectivity index (χ1n) is 8.52. The van der Waals surface area contributed by atoms with Gasteiger partial charge < -0.3 is 10.1 Å². The SMILES string of the molecule is CCN(CC)S(=O)(=O)c1ccc(OC(C)C)c(NC(=O)C2CC2(Cl)Cl)c1. The number of benzene rings is 1. The van der Waals surface area contributed by atoms with Crippen molar-refractivity contribution in [1.29, 1.82) is 0 Å². The second kappa shape index (κ2) is 7.92. The van der Waals surface area contributed by atoms with Crippen LogP contribution in [0.25, 0.3) is 0 Å². The van der Waals surface area contributed by atoms with Gasteiger partial charge in [-0.1, -0.05) is 13.8 Å². The molecular weight excluding hydrogens is 399 g/mol. The van der Waals surface area contributed by atoms with Gasteiger partial charge in [-0.15, -0.1) is 23.2 Å². The predicted octanol–water partition coefficient (Wildman–Crippen LogP) is 3.64. The van der Waals surface area contributed by atoms with E-state index in [1.807, 2.05) is 13.8 Å². The summed E-state index contributed by atoms with van der Waals surface area (Å²) in [6, 6.07) is 4.44. The zero-order chi connectivity index (χ0) is 19.7. The van der Waals surface area contributed by atoms with Crippen LogP contribution < -0.4 is 10.1 Å². The van der Waals surface area contributed by atoms with Crippen molar-refractivity contribution in [2.24, 2.45) is 5.92 Å². The van der Waals surface area contributed by atoms with E-state index in [0.29, 0.717) is 25.3 Å². The van der Waals surface area contributed by atoms with E-state index < -0.39 is 20.3 Å². The number of alkyl halides is 2. The molecule has 0 radical (unpaired) electrons. The Morgan fingerprint density at radius 3 is 2.38 bits per heavy atom. The minimum atomic E-state index is -3.66. The van der Waals surface area contributed by atoms with E-state index in [4.69, 9.17) is 27.9 Å². The predicted molar refractivity (Wildman–Crippen MR) is 103 cm³/mol. The van der Waals surface area contributed by atoms with Gasteiger partial charge in [0, 0.05) is 13.1 Å². The molecule has 2 rings (SSSR count). The highest BCUT2D eigenvalue weighted by molar-refractivity contribution is 7.89. The number of ether oxygens (including phenoxy) is 1. The van der Waals surface area contributed by atoms with E-state index in [-0.39, 0.29) is 22.6 Å². The maximum absolute atomic E-state index is 12.7. The zero-order valence-electron chi connectivity index (χ0n) is 15.3. The number of amides is 1. The van der Waals surface area contributed by atoms with Gasteiger partial charge >= 0.3 is 0 Å². The Morgan fingerprint density at radius 2 is 1.92 bits per heavy atom. The van der Waals surface area contributed by atoms with Crippen LogP contribution in [0.2, 0.25) is 0 Å². The minimum Gasteiger partial charge on any atom is -0.489 e. The molecule has 6 nitrogen and oxygen atoms in total. The highest BCUT2D eigenvalue weighted by Crippen LogP contribution is 2.53. The summed E-state index contributed by atoms with van der Waals surface area (Å²) in [5.41, 5.74) is 0.285. The van der Waals surface area contributed by atoms with Gasteiger partial charge in [0.25, 0.3) is 0 Å². The van der Waals surface area contributed by atoms with Crippen molar-refractivity contribution in [2.45, 2.75) is 49.4 Å². The van der Waals surface area contributed by atoms with E-state index in [9.17, 15) is 13.2 Å². The lowest BCUT2D eigenvalue weighted by Crippen LogP contribution is -2.30. The van der Waals surface area contributed by atoms with Crippen LogP contribution in [0.4, 0.5) is 5.69 Å². The molecule has 1 atom stereocenters. The summed E-state index contributed by atoms with van der Waals surface area (Å²) in [5, 5.41) is 2.71. The molecule has 146 valence electrons. The van der Waals surface area contributed by atoms with E-state index in [1.165, 1.54) is 16.4 Å². The first kappa shape index (κ1) is 21.3. The quantitative estimate of drug-likeness (QED) is 0.648. The first-order chi connectivity index (χ1) is 12.0. The summed E-state index contributed by atoms with van der Waals surface area (Å²) >= 11 is 11.9. The van der Waals surface area contributed by atoms with Crippen LogP contribution in [-0.4, -0.2) is 42.2 Å². The zero-order valence-corrected chi connectivity index (χ0v) is 17.6. The van der Waals surface area contributed by atoms with Gasteiger partial charge in [-0.3, -0.25) is 4.79 Å². The Kier molecular flexibility index (Phi) is 6.48. The molecule has 26 heavy (non-hydrogen) atoms. The number of rotatable bonds is 8. The highest BCUT2D eigenvalue weighted by atomic mass is 35.5. The lowest BCUT2D eigenvalue weighted by Gasteiger charge is -2.20. The molecule has 0 saturated heterocycles.